The molecule has 0 saturated carbocycles. The normalized spacial score (nSPS) is 17.7. The Kier molecular flexibility index (Phi) is 5.26. The van der Waals surface area contributed by atoms with E-state index in [9.17, 15) is 8.42 Å². The van der Waals surface area contributed by atoms with Crippen molar-refractivity contribution in [2.75, 3.05) is 33.4 Å². The van der Waals surface area contributed by atoms with Gasteiger partial charge in [0.15, 0.2) is 0 Å². The van der Waals surface area contributed by atoms with Gasteiger partial charge >= 0.3 is 0 Å². The predicted octanol–water partition coefficient (Wildman–Crippen LogP) is 1.84. The molecule has 1 aromatic rings. The molecule has 0 N–H and O–H groups in total. The van der Waals surface area contributed by atoms with Gasteiger partial charge in [-0.25, -0.2) is 8.42 Å². The van der Waals surface area contributed by atoms with E-state index in [0.29, 0.717) is 44.0 Å². The lowest BCUT2D eigenvalue weighted by Gasteiger charge is -2.20. The van der Waals surface area contributed by atoms with Gasteiger partial charge in [-0.05, 0) is 24.6 Å². The molecule has 1 aliphatic heterocycles. The molecule has 1 aromatic carbocycles. The Morgan fingerprint density at radius 1 is 1.35 bits per heavy atom. The summed E-state index contributed by atoms with van der Waals surface area (Å²) in [5.41, 5.74) is 0.668. The van der Waals surface area contributed by atoms with Crippen LogP contribution in [0.4, 0.5) is 0 Å². The van der Waals surface area contributed by atoms with Gasteiger partial charge in [0.2, 0.25) is 10.0 Å². The molecule has 20 heavy (non-hydrogen) atoms. The molecule has 0 amide bonds. The van der Waals surface area contributed by atoms with Gasteiger partial charge in [-0.2, -0.15) is 4.31 Å². The first-order valence-corrected chi connectivity index (χ1v) is 8.38. The van der Waals surface area contributed by atoms with Crippen molar-refractivity contribution in [3.05, 3.63) is 23.8 Å². The van der Waals surface area contributed by atoms with Gasteiger partial charge in [-0.1, -0.05) is 0 Å². The fraction of sp³-hybridized carbons (Fsp3) is 0.538. The van der Waals surface area contributed by atoms with Crippen molar-refractivity contribution in [2.24, 2.45) is 0 Å². The van der Waals surface area contributed by atoms with Crippen LogP contribution in [0.25, 0.3) is 0 Å². The molecule has 0 atom stereocenters. The first-order valence-electron chi connectivity index (χ1n) is 6.40. The third-order valence-electron chi connectivity index (χ3n) is 3.21. The van der Waals surface area contributed by atoms with Crippen molar-refractivity contribution in [2.45, 2.75) is 17.2 Å². The van der Waals surface area contributed by atoms with Gasteiger partial charge in [0.1, 0.15) is 5.75 Å². The Bertz CT molecular complexity index is 553. The van der Waals surface area contributed by atoms with Crippen LogP contribution in [0.1, 0.15) is 12.0 Å². The molecule has 1 saturated heterocycles. The Labute approximate surface area is 124 Å². The number of sulfonamides is 1. The summed E-state index contributed by atoms with van der Waals surface area (Å²) in [5, 5.41) is 0. The van der Waals surface area contributed by atoms with E-state index in [1.807, 2.05) is 0 Å². The lowest BCUT2D eigenvalue weighted by atomic mass is 10.2. The SMILES string of the molecule is COc1ccc(S(=O)(=O)N2CCCOCC2)cc1CCl. The van der Waals surface area contributed by atoms with Gasteiger partial charge in [0.05, 0.1) is 24.5 Å². The van der Waals surface area contributed by atoms with Crippen LogP contribution in [0.5, 0.6) is 5.75 Å². The Hall–Kier alpha value is -0.820. The van der Waals surface area contributed by atoms with Gasteiger partial charge in [-0.3, -0.25) is 0 Å². The number of hydrogen-bond donors (Lipinski definition) is 0. The number of ether oxygens (including phenoxy) is 2. The zero-order valence-electron chi connectivity index (χ0n) is 11.3. The second-order valence-electron chi connectivity index (χ2n) is 4.48. The van der Waals surface area contributed by atoms with Crippen molar-refractivity contribution in [3.8, 4) is 5.75 Å². The third kappa shape index (κ3) is 3.25. The van der Waals surface area contributed by atoms with Gasteiger partial charge in [0.25, 0.3) is 0 Å². The molecule has 0 bridgehead atoms. The highest BCUT2D eigenvalue weighted by Gasteiger charge is 2.26. The highest BCUT2D eigenvalue weighted by molar-refractivity contribution is 7.89. The summed E-state index contributed by atoms with van der Waals surface area (Å²) in [4.78, 5) is 0.246. The molecule has 7 heteroatoms. The zero-order chi connectivity index (χ0) is 14.6. The summed E-state index contributed by atoms with van der Waals surface area (Å²) in [6.45, 7) is 1.88. The maximum atomic E-state index is 12.6. The molecule has 1 fully saturated rings. The van der Waals surface area contributed by atoms with E-state index in [4.69, 9.17) is 21.1 Å². The predicted molar refractivity (Wildman–Crippen MR) is 76.7 cm³/mol. The fourth-order valence-corrected chi connectivity index (χ4v) is 3.86. The summed E-state index contributed by atoms with van der Waals surface area (Å²) in [6, 6.07) is 4.77. The number of methoxy groups -OCH3 is 1. The van der Waals surface area contributed by atoms with E-state index in [1.165, 1.54) is 11.4 Å². The number of halogens is 1. The summed E-state index contributed by atoms with van der Waals surface area (Å²) >= 11 is 5.84. The van der Waals surface area contributed by atoms with Crippen LogP contribution >= 0.6 is 11.6 Å². The zero-order valence-corrected chi connectivity index (χ0v) is 12.9. The average molecular weight is 320 g/mol. The molecular weight excluding hydrogens is 302 g/mol. The van der Waals surface area contributed by atoms with E-state index < -0.39 is 10.0 Å². The van der Waals surface area contributed by atoms with Crippen molar-refractivity contribution >= 4 is 21.6 Å². The molecule has 112 valence electrons. The highest BCUT2D eigenvalue weighted by Crippen LogP contribution is 2.26. The monoisotopic (exact) mass is 319 g/mol. The summed E-state index contributed by atoms with van der Waals surface area (Å²) in [7, 11) is -1.97. The van der Waals surface area contributed by atoms with E-state index in [0.717, 1.165) is 0 Å². The number of nitrogens with zero attached hydrogens (tertiary/aromatic N) is 1. The van der Waals surface area contributed by atoms with Crippen LogP contribution in [-0.2, 0) is 20.6 Å². The van der Waals surface area contributed by atoms with E-state index in [1.54, 1.807) is 18.2 Å². The maximum Gasteiger partial charge on any atom is 0.243 e. The fourth-order valence-electron chi connectivity index (χ4n) is 2.13. The second-order valence-corrected chi connectivity index (χ2v) is 6.68. The molecular formula is C13H18ClNO4S. The Morgan fingerprint density at radius 3 is 2.85 bits per heavy atom. The largest absolute Gasteiger partial charge is 0.496 e. The number of benzene rings is 1. The standard InChI is InChI=1S/C13H18ClNO4S/c1-18-13-4-3-12(9-11(13)10-14)20(16,17)15-5-2-7-19-8-6-15/h3-4,9H,2,5-8,10H2,1H3. The quantitative estimate of drug-likeness (QED) is 0.795. The molecule has 0 unspecified atom stereocenters. The Balaban J connectivity index is 2.33. The molecule has 5 nitrogen and oxygen atoms in total. The molecule has 0 aromatic heterocycles. The highest BCUT2D eigenvalue weighted by atomic mass is 35.5. The van der Waals surface area contributed by atoms with Crippen LogP contribution in [0, 0.1) is 0 Å². The minimum Gasteiger partial charge on any atom is -0.496 e. The summed E-state index contributed by atoms with van der Waals surface area (Å²) < 4.78 is 37.1. The third-order valence-corrected chi connectivity index (χ3v) is 5.40. The van der Waals surface area contributed by atoms with Crippen molar-refractivity contribution in [1.82, 2.24) is 4.31 Å². The smallest absolute Gasteiger partial charge is 0.243 e. The van der Waals surface area contributed by atoms with Crippen LogP contribution < -0.4 is 4.74 Å². The summed E-state index contributed by atoms with van der Waals surface area (Å²) in [5.74, 6) is 0.800. The van der Waals surface area contributed by atoms with Crippen molar-refractivity contribution in [1.29, 1.82) is 0 Å². The van der Waals surface area contributed by atoms with Crippen LogP contribution in [0.3, 0.4) is 0 Å². The molecule has 1 heterocycles. The van der Waals surface area contributed by atoms with Crippen LogP contribution in [0.15, 0.2) is 23.1 Å². The molecule has 0 spiro atoms. The van der Waals surface area contributed by atoms with Crippen molar-refractivity contribution in [3.63, 3.8) is 0 Å². The summed E-state index contributed by atoms with van der Waals surface area (Å²) in [6.07, 6.45) is 0.706. The van der Waals surface area contributed by atoms with Gasteiger partial charge in [0, 0.05) is 25.3 Å². The molecule has 0 radical (unpaired) electrons. The number of alkyl halides is 1. The first-order chi connectivity index (χ1) is 9.59. The minimum absolute atomic E-state index is 0.204. The Morgan fingerprint density at radius 2 is 2.15 bits per heavy atom. The number of hydrogen-bond acceptors (Lipinski definition) is 4. The first kappa shape index (κ1) is 15.6. The van der Waals surface area contributed by atoms with Crippen LogP contribution in [0.2, 0.25) is 0 Å². The molecule has 1 aliphatic rings. The molecule has 2 rings (SSSR count). The lowest BCUT2D eigenvalue weighted by Crippen LogP contribution is -2.33. The van der Waals surface area contributed by atoms with Crippen molar-refractivity contribution < 1.29 is 17.9 Å². The van der Waals surface area contributed by atoms with Crippen LogP contribution in [-0.4, -0.2) is 46.1 Å². The average Bonchev–Trinajstić information content (AvgIpc) is 2.76. The minimum atomic E-state index is -3.50. The van der Waals surface area contributed by atoms with E-state index in [2.05, 4.69) is 0 Å². The number of rotatable bonds is 4. The lowest BCUT2D eigenvalue weighted by molar-refractivity contribution is 0.148. The maximum absolute atomic E-state index is 12.6. The van der Waals surface area contributed by atoms with Gasteiger partial charge in [-0.15, -0.1) is 11.6 Å². The van der Waals surface area contributed by atoms with Gasteiger partial charge < -0.3 is 9.47 Å². The molecule has 0 aliphatic carbocycles. The van der Waals surface area contributed by atoms with E-state index in [-0.39, 0.29) is 10.8 Å². The second kappa shape index (κ2) is 6.76. The van der Waals surface area contributed by atoms with E-state index >= 15 is 0 Å². The topological polar surface area (TPSA) is 55.8 Å².